The van der Waals surface area contributed by atoms with E-state index in [-0.39, 0.29) is 45.6 Å². The van der Waals surface area contributed by atoms with Crippen LogP contribution >= 0.6 is 0 Å². The number of aldehydes is 2. The Morgan fingerprint density at radius 1 is 0.633 bits per heavy atom. The fourth-order valence-electron chi connectivity index (χ4n) is 2.72. The molecule has 0 aromatic heterocycles. The highest BCUT2D eigenvalue weighted by atomic mass is 16.5. The van der Waals surface area contributed by atoms with Gasteiger partial charge in [-0.3, -0.25) is 9.59 Å². The summed E-state index contributed by atoms with van der Waals surface area (Å²) in [4.78, 5) is 23.4. The molecule has 0 saturated carbocycles. The van der Waals surface area contributed by atoms with E-state index in [2.05, 4.69) is 0 Å². The number of aromatic hydroxyl groups is 2. The molecule has 0 amide bonds. The zero-order valence-electron chi connectivity index (χ0n) is 17.0. The second-order valence-electron chi connectivity index (χ2n) is 5.98. The van der Waals surface area contributed by atoms with Crippen molar-refractivity contribution >= 4 is 24.7 Å². The minimum atomic E-state index is -0.181. The molecule has 0 unspecified atom stereocenters. The lowest BCUT2D eigenvalue weighted by molar-refractivity contribution is -0.107. The summed E-state index contributed by atoms with van der Waals surface area (Å²) in [5.41, 5.74) is 1.09. The number of methoxy groups -OCH3 is 4. The van der Waals surface area contributed by atoms with Crippen molar-refractivity contribution in [2.45, 2.75) is 0 Å². The Labute approximate surface area is 173 Å². The van der Waals surface area contributed by atoms with Gasteiger partial charge in [-0.15, -0.1) is 0 Å². The number of rotatable bonds is 9. The van der Waals surface area contributed by atoms with Crippen molar-refractivity contribution in [1.82, 2.24) is 0 Å². The van der Waals surface area contributed by atoms with Gasteiger partial charge in [0.2, 0.25) is 11.5 Å². The topological polar surface area (TPSA) is 112 Å². The maximum absolute atomic E-state index is 11.7. The molecular formula is C22H22O8. The molecule has 0 radical (unpaired) electrons. The first-order valence-electron chi connectivity index (χ1n) is 8.66. The lowest BCUT2D eigenvalue weighted by Gasteiger charge is -2.11. The predicted octanol–water partition coefficient (Wildman–Crippen LogP) is 3.00. The van der Waals surface area contributed by atoms with E-state index in [0.29, 0.717) is 23.7 Å². The van der Waals surface area contributed by atoms with Crippen molar-refractivity contribution in [1.29, 1.82) is 0 Å². The molecule has 158 valence electrons. The number of hydrogen-bond acceptors (Lipinski definition) is 8. The maximum Gasteiger partial charge on any atom is 0.200 e. The summed E-state index contributed by atoms with van der Waals surface area (Å²) in [6, 6.07) is 5.99. The molecule has 0 atom stereocenters. The number of carbonyl (C=O) groups excluding carboxylic acids is 2. The Morgan fingerprint density at radius 3 is 1.10 bits per heavy atom. The highest BCUT2D eigenvalue weighted by Crippen LogP contribution is 2.39. The minimum Gasteiger partial charge on any atom is -0.502 e. The van der Waals surface area contributed by atoms with Crippen LogP contribution in [0.3, 0.4) is 0 Å². The van der Waals surface area contributed by atoms with Crippen molar-refractivity contribution in [2.75, 3.05) is 28.4 Å². The average molecular weight is 414 g/mol. The van der Waals surface area contributed by atoms with Gasteiger partial charge in [0.25, 0.3) is 0 Å². The van der Waals surface area contributed by atoms with Gasteiger partial charge in [-0.05, 0) is 47.5 Å². The summed E-state index contributed by atoms with van der Waals surface area (Å²) in [7, 11) is 5.52. The van der Waals surface area contributed by atoms with Crippen molar-refractivity contribution in [3.8, 4) is 34.5 Å². The van der Waals surface area contributed by atoms with Crippen LogP contribution in [0.4, 0.5) is 0 Å². The molecule has 0 heterocycles. The quantitative estimate of drug-likeness (QED) is 0.366. The molecule has 0 aliphatic rings. The van der Waals surface area contributed by atoms with Crippen LogP contribution in [0.25, 0.3) is 12.2 Å². The van der Waals surface area contributed by atoms with Gasteiger partial charge in [0, 0.05) is 11.1 Å². The molecule has 0 aliphatic heterocycles. The molecule has 2 rings (SSSR count). The highest BCUT2D eigenvalue weighted by molar-refractivity contribution is 6.02. The van der Waals surface area contributed by atoms with E-state index in [1.807, 2.05) is 0 Å². The first kappa shape index (κ1) is 22.4. The average Bonchev–Trinajstić information content (AvgIpc) is 2.77. The molecule has 0 bridgehead atoms. The number of ether oxygens (including phenoxy) is 4. The lowest BCUT2D eigenvalue weighted by atomic mass is 10.0. The van der Waals surface area contributed by atoms with Crippen molar-refractivity contribution in [3.63, 3.8) is 0 Å². The van der Waals surface area contributed by atoms with Crippen molar-refractivity contribution < 1.29 is 38.7 Å². The number of phenols is 2. The van der Waals surface area contributed by atoms with Gasteiger partial charge in [0.1, 0.15) is 0 Å². The standard InChI is InChI=1S/C22H22O8/c1-27-17-7-13(8-18(28-2)21(17)25)5-15(11-23)16(12-24)6-14-9-19(29-3)22(26)20(10-14)30-4/h5-12,25-26H,1-4H3/b15-5-,16-6-. The molecular weight excluding hydrogens is 392 g/mol. The number of allylic oxidation sites excluding steroid dienone is 2. The summed E-state index contributed by atoms with van der Waals surface area (Å²) < 4.78 is 20.4. The van der Waals surface area contributed by atoms with Gasteiger partial charge in [0.15, 0.2) is 35.6 Å². The third-order valence-corrected chi connectivity index (χ3v) is 4.24. The summed E-state index contributed by atoms with van der Waals surface area (Å²) in [5, 5.41) is 20.0. The molecule has 2 N–H and O–H groups in total. The fraction of sp³-hybridized carbons (Fsp3) is 0.182. The molecule has 2 aromatic rings. The fourth-order valence-corrected chi connectivity index (χ4v) is 2.72. The van der Waals surface area contributed by atoms with Crippen LogP contribution in [0.15, 0.2) is 35.4 Å². The van der Waals surface area contributed by atoms with Crippen LogP contribution in [0.2, 0.25) is 0 Å². The Morgan fingerprint density at radius 2 is 0.900 bits per heavy atom. The maximum atomic E-state index is 11.7. The molecule has 2 aromatic carbocycles. The molecule has 0 fully saturated rings. The second kappa shape index (κ2) is 10.0. The molecule has 8 nitrogen and oxygen atoms in total. The monoisotopic (exact) mass is 414 g/mol. The van der Waals surface area contributed by atoms with Gasteiger partial charge < -0.3 is 29.2 Å². The van der Waals surface area contributed by atoms with E-state index in [9.17, 15) is 19.8 Å². The van der Waals surface area contributed by atoms with E-state index >= 15 is 0 Å². The number of phenolic OH excluding ortho intramolecular Hbond substituents is 2. The minimum absolute atomic E-state index is 0.0748. The third kappa shape index (κ3) is 4.72. The highest BCUT2D eigenvalue weighted by Gasteiger charge is 2.14. The summed E-state index contributed by atoms with van der Waals surface area (Å²) in [5.74, 6) is 0.232. The van der Waals surface area contributed by atoms with Crippen LogP contribution in [0.5, 0.6) is 34.5 Å². The smallest absolute Gasteiger partial charge is 0.200 e. The van der Waals surface area contributed by atoms with Crippen molar-refractivity contribution in [2.24, 2.45) is 0 Å². The van der Waals surface area contributed by atoms with Gasteiger partial charge in [-0.25, -0.2) is 0 Å². The summed E-state index contributed by atoms with van der Waals surface area (Å²) in [6.07, 6.45) is 3.96. The summed E-state index contributed by atoms with van der Waals surface area (Å²) >= 11 is 0. The van der Waals surface area contributed by atoms with Crippen LogP contribution in [0, 0.1) is 0 Å². The number of hydrogen-bond donors (Lipinski definition) is 2. The Bertz CT molecular complexity index is 873. The first-order chi connectivity index (χ1) is 14.4. The molecule has 0 aliphatic carbocycles. The lowest BCUT2D eigenvalue weighted by Crippen LogP contribution is -1.96. The van der Waals surface area contributed by atoms with Crippen LogP contribution < -0.4 is 18.9 Å². The Balaban J connectivity index is 2.58. The van der Waals surface area contributed by atoms with Crippen LogP contribution in [-0.4, -0.2) is 51.2 Å². The van der Waals surface area contributed by atoms with Crippen LogP contribution in [-0.2, 0) is 9.59 Å². The number of carbonyl (C=O) groups is 2. The van der Waals surface area contributed by atoms with Gasteiger partial charge in [-0.2, -0.15) is 0 Å². The molecule has 0 saturated heterocycles. The van der Waals surface area contributed by atoms with Gasteiger partial charge in [0.05, 0.1) is 28.4 Å². The number of benzene rings is 2. The van der Waals surface area contributed by atoms with Gasteiger partial charge >= 0.3 is 0 Å². The predicted molar refractivity (Wildman–Crippen MR) is 111 cm³/mol. The molecule has 8 heteroatoms. The zero-order chi connectivity index (χ0) is 22.3. The normalized spacial score (nSPS) is 11.6. The van der Waals surface area contributed by atoms with E-state index in [1.165, 1.54) is 64.9 Å². The molecule has 0 spiro atoms. The van der Waals surface area contributed by atoms with Crippen LogP contribution in [0.1, 0.15) is 11.1 Å². The van der Waals surface area contributed by atoms with E-state index < -0.39 is 0 Å². The second-order valence-corrected chi connectivity index (χ2v) is 5.98. The van der Waals surface area contributed by atoms with E-state index in [1.54, 1.807) is 0 Å². The van der Waals surface area contributed by atoms with Gasteiger partial charge in [-0.1, -0.05) is 0 Å². The first-order valence-corrected chi connectivity index (χ1v) is 8.66. The Hall–Kier alpha value is -3.94. The van der Waals surface area contributed by atoms with E-state index in [4.69, 9.17) is 18.9 Å². The Kier molecular flexibility index (Phi) is 7.46. The third-order valence-electron chi connectivity index (χ3n) is 4.24. The largest absolute Gasteiger partial charge is 0.502 e. The zero-order valence-corrected chi connectivity index (χ0v) is 17.0. The summed E-state index contributed by atoms with van der Waals surface area (Å²) in [6.45, 7) is 0. The van der Waals surface area contributed by atoms with E-state index in [0.717, 1.165) is 0 Å². The molecule has 30 heavy (non-hydrogen) atoms. The van der Waals surface area contributed by atoms with Crippen molar-refractivity contribution in [3.05, 3.63) is 46.5 Å². The SMILES string of the molecule is COc1cc(/C=C(C=O)\C(C=O)=C/c2cc(OC)c(O)c(OC)c2)cc(OC)c1O.